The number of benzene rings is 1. The minimum absolute atomic E-state index is 0.0217. The van der Waals surface area contributed by atoms with Crippen molar-refractivity contribution in [3.05, 3.63) is 29.8 Å². The summed E-state index contributed by atoms with van der Waals surface area (Å²) in [4.78, 5) is 28.5. The minimum Gasteiger partial charge on any atom is -0.340 e. The summed E-state index contributed by atoms with van der Waals surface area (Å²) in [6, 6.07) is 7.61. The lowest BCUT2D eigenvalue weighted by molar-refractivity contribution is -0.132. The zero-order chi connectivity index (χ0) is 17.5. The highest BCUT2D eigenvalue weighted by Gasteiger charge is 2.19. The molecule has 1 aromatic carbocycles. The minimum atomic E-state index is 0.0217. The van der Waals surface area contributed by atoms with Crippen LogP contribution in [-0.2, 0) is 16.0 Å². The number of rotatable bonds is 6. The molecule has 0 aliphatic carbocycles. The Morgan fingerprint density at radius 1 is 1.12 bits per heavy atom. The maximum absolute atomic E-state index is 12.3. The molecule has 0 aromatic heterocycles. The van der Waals surface area contributed by atoms with Crippen molar-refractivity contribution < 1.29 is 9.59 Å². The Morgan fingerprint density at radius 2 is 1.75 bits per heavy atom. The summed E-state index contributed by atoms with van der Waals surface area (Å²) >= 11 is 0. The fourth-order valence-electron chi connectivity index (χ4n) is 2.88. The van der Waals surface area contributed by atoms with Gasteiger partial charge < -0.3 is 15.1 Å². The number of carbonyl (C=O) groups is 2. The molecule has 1 aliphatic rings. The number of carbonyl (C=O) groups excluding carboxylic acids is 2. The van der Waals surface area contributed by atoms with E-state index in [9.17, 15) is 9.59 Å². The second-order valence-electron chi connectivity index (χ2n) is 6.74. The van der Waals surface area contributed by atoms with Crippen molar-refractivity contribution in [3.63, 3.8) is 0 Å². The van der Waals surface area contributed by atoms with Gasteiger partial charge in [0.25, 0.3) is 0 Å². The average Bonchev–Trinajstić information content (AvgIpc) is 2.57. The summed E-state index contributed by atoms with van der Waals surface area (Å²) < 4.78 is 0. The number of hydrogen-bond acceptors (Lipinski definition) is 3. The number of piperazine rings is 1. The highest BCUT2D eigenvalue weighted by Crippen LogP contribution is 2.14. The molecule has 1 aliphatic heterocycles. The fourth-order valence-corrected chi connectivity index (χ4v) is 2.88. The van der Waals surface area contributed by atoms with Crippen LogP contribution in [0, 0.1) is 5.92 Å². The van der Waals surface area contributed by atoms with Gasteiger partial charge in [0.2, 0.25) is 11.8 Å². The van der Waals surface area contributed by atoms with Gasteiger partial charge in [0.1, 0.15) is 0 Å². The summed E-state index contributed by atoms with van der Waals surface area (Å²) in [6.45, 7) is 7.51. The zero-order valence-electron chi connectivity index (χ0n) is 15.0. The quantitative estimate of drug-likeness (QED) is 0.871. The molecule has 0 unspecified atom stereocenters. The first kappa shape index (κ1) is 18.5. The largest absolute Gasteiger partial charge is 0.340 e. The Hall–Kier alpha value is -1.88. The van der Waals surface area contributed by atoms with Gasteiger partial charge in [-0.05, 0) is 31.2 Å². The van der Waals surface area contributed by atoms with E-state index in [1.807, 2.05) is 36.1 Å². The van der Waals surface area contributed by atoms with Crippen LogP contribution >= 0.6 is 0 Å². The fraction of sp³-hybridized carbons (Fsp3) is 0.579. The average molecular weight is 331 g/mol. The molecule has 24 heavy (non-hydrogen) atoms. The topological polar surface area (TPSA) is 52.7 Å². The van der Waals surface area contributed by atoms with E-state index in [0.29, 0.717) is 6.42 Å². The summed E-state index contributed by atoms with van der Waals surface area (Å²) in [5.41, 5.74) is 1.78. The normalized spacial score (nSPS) is 16.7. The molecule has 2 amide bonds. The number of likely N-dealkylation sites (N-methyl/N-ethyl adjacent to an activating group) is 1. The maximum atomic E-state index is 12.3. The molecule has 0 radical (unpaired) electrons. The molecule has 1 fully saturated rings. The summed E-state index contributed by atoms with van der Waals surface area (Å²) in [5, 5.41) is 2.94. The van der Waals surface area contributed by atoms with Gasteiger partial charge in [-0.15, -0.1) is 0 Å². The van der Waals surface area contributed by atoms with E-state index in [2.05, 4.69) is 24.2 Å². The maximum Gasteiger partial charge on any atom is 0.227 e. The van der Waals surface area contributed by atoms with E-state index in [1.54, 1.807) is 0 Å². The molecular weight excluding hydrogens is 302 g/mol. The molecule has 1 atom stereocenters. The van der Waals surface area contributed by atoms with E-state index in [4.69, 9.17) is 0 Å². The van der Waals surface area contributed by atoms with Gasteiger partial charge in [0, 0.05) is 37.8 Å². The second kappa shape index (κ2) is 8.83. The molecule has 5 heteroatoms. The molecule has 1 saturated heterocycles. The molecule has 0 bridgehead atoms. The predicted molar refractivity (Wildman–Crippen MR) is 96.9 cm³/mol. The van der Waals surface area contributed by atoms with Crippen molar-refractivity contribution in [1.82, 2.24) is 9.80 Å². The number of anilines is 1. The second-order valence-corrected chi connectivity index (χ2v) is 6.74. The summed E-state index contributed by atoms with van der Waals surface area (Å²) in [5.74, 6) is 0.253. The lowest BCUT2D eigenvalue weighted by atomic mass is 10.1. The highest BCUT2D eigenvalue weighted by atomic mass is 16.2. The number of hydrogen-bond donors (Lipinski definition) is 1. The third kappa shape index (κ3) is 5.34. The van der Waals surface area contributed by atoms with Crippen LogP contribution in [-0.4, -0.2) is 54.8 Å². The Morgan fingerprint density at radius 3 is 2.33 bits per heavy atom. The van der Waals surface area contributed by atoms with Gasteiger partial charge in [-0.3, -0.25) is 9.59 Å². The van der Waals surface area contributed by atoms with Crippen molar-refractivity contribution in [2.45, 2.75) is 33.1 Å². The molecule has 1 N–H and O–H groups in total. The van der Waals surface area contributed by atoms with Gasteiger partial charge in [0.15, 0.2) is 0 Å². The number of nitrogens with zero attached hydrogens (tertiary/aromatic N) is 2. The van der Waals surface area contributed by atoms with E-state index in [0.717, 1.165) is 50.3 Å². The van der Waals surface area contributed by atoms with Gasteiger partial charge in [-0.2, -0.15) is 0 Å². The molecule has 5 nitrogen and oxygen atoms in total. The number of nitrogens with one attached hydrogen (secondary N) is 1. The molecule has 0 spiro atoms. The molecule has 132 valence electrons. The third-order valence-corrected chi connectivity index (χ3v) is 4.60. The van der Waals surface area contributed by atoms with Crippen LogP contribution in [0.1, 0.15) is 32.3 Å². The van der Waals surface area contributed by atoms with Gasteiger partial charge in [0.05, 0.1) is 6.42 Å². The Bertz CT molecular complexity index is 548. The van der Waals surface area contributed by atoms with Crippen molar-refractivity contribution in [2.75, 3.05) is 38.5 Å². The predicted octanol–water partition coefficient (Wildman–Crippen LogP) is 2.38. The lowest BCUT2D eigenvalue weighted by Gasteiger charge is -2.32. The molecule has 1 heterocycles. The van der Waals surface area contributed by atoms with Crippen LogP contribution in [0.2, 0.25) is 0 Å². The van der Waals surface area contributed by atoms with E-state index in [1.165, 1.54) is 0 Å². The molecule has 1 aromatic rings. The SMILES string of the molecule is CCC[C@H](C)C(=O)Nc1ccc(CC(=O)N2CCN(C)CC2)cc1. The highest BCUT2D eigenvalue weighted by molar-refractivity contribution is 5.92. The zero-order valence-corrected chi connectivity index (χ0v) is 15.0. The Kier molecular flexibility index (Phi) is 6.79. The van der Waals surface area contributed by atoms with E-state index in [-0.39, 0.29) is 17.7 Å². The standard InChI is InChI=1S/C19H29N3O2/c1-4-5-15(2)19(24)20-17-8-6-16(7-9-17)14-18(23)22-12-10-21(3)11-13-22/h6-9,15H,4-5,10-14H2,1-3H3,(H,20,24)/t15-/m0/s1. The lowest BCUT2D eigenvalue weighted by Crippen LogP contribution is -2.47. The first-order valence-electron chi connectivity index (χ1n) is 8.85. The van der Waals surface area contributed by atoms with Crippen LogP contribution in [0.5, 0.6) is 0 Å². The molecular formula is C19H29N3O2. The van der Waals surface area contributed by atoms with Crippen LogP contribution in [0.3, 0.4) is 0 Å². The van der Waals surface area contributed by atoms with Gasteiger partial charge >= 0.3 is 0 Å². The van der Waals surface area contributed by atoms with Crippen LogP contribution in [0.4, 0.5) is 5.69 Å². The van der Waals surface area contributed by atoms with Crippen LogP contribution in [0.15, 0.2) is 24.3 Å². The first-order chi connectivity index (χ1) is 11.5. The van der Waals surface area contributed by atoms with E-state index < -0.39 is 0 Å². The first-order valence-corrected chi connectivity index (χ1v) is 8.85. The van der Waals surface area contributed by atoms with Crippen LogP contribution < -0.4 is 5.32 Å². The smallest absolute Gasteiger partial charge is 0.227 e. The number of amides is 2. The monoisotopic (exact) mass is 331 g/mol. The van der Waals surface area contributed by atoms with E-state index >= 15 is 0 Å². The molecule has 2 rings (SSSR count). The Labute approximate surface area is 145 Å². The van der Waals surface area contributed by atoms with Crippen LogP contribution in [0.25, 0.3) is 0 Å². The third-order valence-electron chi connectivity index (χ3n) is 4.60. The molecule has 0 saturated carbocycles. The van der Waals surface area contributed by atoms with Crippen molar-refractivity contribution in [2.24, 2.45) is 5.92 Å². The summed E-state index contributed by atoms with van der Waals surface area (Å²) in [7, 11) is 2.08. The van der Waals surface area contributed by atoms with Crippen molar-refractivity contribution >= 4 is 17.5 Å². The van der Waals surface area contributed by atoms with Gasteiger partial charge in [-0.1, -0.05) is 32.4 Å². The van der Waals surface area contributed by atoms with Gasteiger partial charge in [-0.25, -0.2) is 0 Å². The van der Waals surface area contributed by atoms with Crippen molar-refractivity contribution in [3.8, 4) is 0 Å². The summed E-state index contributed by atoms with van der Waals surface area (Å²) in [6.07, 6.45) is 2.32. The van der Waals surface area contributed by atoms with Crippen molar-refractivity contribution in [1.29, 1.82) is 0 Å². The Balaban J connectivity index is 1.85.